The fraction of sp³-hybridized carbons (Fsp3) is 0.222. The lowest BCUT2D eigenvalue weighted by molar-refractivity contribution is -0.387. The molecule has 6 heteroatoms. The normalized spacial score (nSPS) is 12.2. The monoisotopic (exact) mass is 289 g/mol. The third kappa shape index (κ3) is 2.57. The lowest BCUT2D eigenvalue weighted by atomic mass is 10.1. The summed E-state index contributed by atoms with van der Waals surface area (Å²) in [5, 5.41) is 10.6. The molecule has 1 unspecified atom stereocenters. The topological polar surface area (TPSA) is 60.2 Å². The highest BCUT2D eigenvalue weighted by atomic mass is 79.9. The predicted octanol–water partition coefficient (Wildman–Crippen LogP) is 2.91. The number of halogens is 1. The second-order valence-electron chi connectivity index (χ2n) is 2.95. The first kappa shape index (κ1) is 12.2. The highest BCUT2D eigenvalue weighted by molar-refractivity contribution is 9.09. The number of Topliss-reactive ketones (excluding diaryl/α,β-unsaturated/α-hetero) is 1. The number of nitro benzene ring substituents is 1. The van der Waals surface area contributed by atoms with Crippen LogP contribution in [0.2, 0.25) is 0 Å². The van der Waals surface area contributed by atoms with E-state index in [2.05, 4.69) is 28.6 Å². The zero-order chi connectivity index (χ0) is 11.6. The van der Waals surface area contributed by atoms with Crippen LogP contribution >= 0.6 is 28.6 Å². The van der Waals surface area contributed by atoms with Gasteiger partial charge in [0.15, 0.2) is 0 Å². The molecule has 0 amide bonds. The summed E-state index contributed by atoms with van der Waals surface area (Å²) in [7, 11) is 0. The highest BCUT2D eigenvalue weighted by Crippen LogP contribution is 2.34. The van der Waals surface area contributed by atoms with Gasteiger partial charge in [-0.1, -0.05) is 28.1 Å². The zero-order valence-corrected chi connectivity index (χ0v) is 10.3. The number of hydrogen-bond donors (Lipinski definition) is 1. The molecule has 0 aliphatic carbocycles. The largest absolute Gasteiger partial charge is 0.298 e. The van der Waals surface area contributed by atoms with Gasteiger partial charge in [0, 0.05) is 6.07 Å². The van der Waals surface area contributed by atoms with E-state index < -0.39 is 9.75 Å². The van der Waals surface area contributed by atoms with Crippen molar-refractivity contribution in [2.75, 3.05) is 0 Å². The van der Waals surface area contributed by atoms with Crippen molar-refractivity contribution < 1.29 is 9.72 Å². The fourth-order valence-corrected chi connectivity index (χ4v) is 2.04. The highest BCUT2D eigenvalue weighted by Gasteiger charge is 2.21. The van der Waals surface area contributed by atoms with Crippen molar-refractivity contribution in [1.29, 1.82) is 0 Å². The number of carbonyl (C=O) groups excluding carboxylic acids is 1. The van der Waals surface area contributed by atoms with Crippen molar-refractivity contribution in [3.63, 3.8) is 0 Å². The van der Waals surface area contributed by atoms with Crippen LogP contribution in [0, 0.1) is 10.1 Å². The number of nitro groups is 1. The molecule has 0 N–H and O–H groups in total. The van der Waals surface area contributed by atoms with Crippen molar-refractivity contribution >= 4 is 40.0 Å². The number of carbonyl (C=O) groups is 1. The molecule has 0 aromatic heterocycles. The van der Waals surface area contributed by atoms with Gasteiger partial charge in [-0.15, -0.1) is 12.6 Å². The van der Waals surface area contributed by atoms with E-state index in [1.165, 1.54) is 19.1 Å². The van der Waals surface area contributed by atoms with Crippen LogP contribution in [0.4, 0.5) is 5.69 Å². The number of ketones is 1. The summed E-state index contributed by atoms with van der Waals surface area (Å²) in [6.07, 6.45) is 0. The summed E-state index contributed by atoms with van der Waals surface area (Å²) in [4.78, 5) is 20.9. The Morgan fingerprint density at radius 1 is 1.60 bits per heavy atom. The molecule has 80 valence electrons. The second-order valence-corrected chi connectivity index (χ2v) is 4.31. The minimum Gasteiger partial charge on any atom is -0.298 e. The van der Waals surface area contributed by atoms with Gasteiger partial charge >= 0.3 is 0 Å². The van der Waals surface area contributed by atoms with Crippen molar-refractivity contribution in [1.82, 2.24) is 0 Å². The van der Waals surface area contributed by atoms with Crippen molar-refractivity contribution in [3.05, 3.63) is 33.9 Å². The van der Waals surface area contributed by atoms with Gasteiger partial charge in [0.25, 0.3) is 5.69 Å². The maximum atomic E-state index is 11.1. The molecule has 0 spiro atoms. The molecule has 1 aromatic rings. The van der Waals surface area contributed by atoms with E-state index in [1.54, 1.807) is 6.07 Å². The van der Waals surface area contributed by atoms with Gasteiger partial charge < -0.3 is 0 Å². The molecule has 0 saturated carbocycles. The first-order valence-electron chi connectivity index (χ1n) is 4.06. The Morgan fingerprint density at radius 3 is 2.67 bits per heavy atom. The zero-order valence-electron chi connectivity index (χ0n) is 7.81. The number of nitrogens with zero attached hydrogens (tertiary/aromatic N) is 1. The Hall–Kier alpha value is -0.880. The molecular weight excluding hydrogens is 282 g/mol. The van der Waals surface area contributed by atoms with Crippen LogP contribution in [0.3, 0.4) is 0 Å². The minimum atomic E-state index is -0.551. The van der Waals surface area contributed by atoms with E-state index in [4.69, 9.17) is 0 Å². The summed E-state index contributed by atoms with van der Waals surface area (Å²) < 4.78 is 0. The van der Waals surface area contributed by atoms with E-state index in [0.717, 1.165) is 0 Å². The summed E-state index contributed by atoms with van der Waals surface area (Å²) in [5.74, 6) is -0.120. The second kappa shape index (κ2) is 4.76. The molecule has 1 atom stereocenters. The maximum Gasteiger partial charge on any atom is 0.282 e. The molecule has 0 bridgehead atoms. The number of rotatable bonds is 3. The molecule has 1 rings (SSSR count). The molecule has 0 radical (unpaired) electrons. The Kier molecular flexibility index (Phi) is 3.87. The lowest BCUT2D eigenvalue weighted by Crippen LogP contribution is -2.03. The van der Waals surface area contributed by atoms with Crippen LogP contribution in [0.5, 0.6) is 0 Å². The van der Waals surface area contributed by atoms with Gasteiger partial charge in [0.2, 0.25) is 0 Å². The van der Waals surface area contributed by atoms with Crippen LogP contribution in [0.1, 0.15) is 17.3 Å². The molecule has 0 aliphatic rings. The molecule has 1 aromatic carbocycles. The third-order valence-corrected chi connectivity index (χ3v) is 3.50. The molecule has 0 heterocycles. The quantitative estimate of drug-likeness (QED) is 0.403. The minimum absolute atomic E-state index is 0.0958. The smallest absolute Gasteiger partial charge is 0.282 e. The number of thiol groups is 1. The molecule has 4 nitrogen and oxygen atoms in total. The van der Waals surface area contributed by atoms with E-state index >= 15 is 0 Å². The Morgan fingerprint density at radius 2 is 2.20 bits per heavy atom. The maximum absolute atomic E-state index is 11.1. The van der Waals surface area contributed by atoms with E-state index in [-0.39, 0.29) is 16.4 Å². The Bertz CT molecular complexity index is 422. The van der Waals surface area contributed by atoms with Gasteiger partial charge in [0.1, 0.15) is 5.78 Å². The van der Waals surface area contributed by atoms with Crippen molar-refractivity contribution in [2.24, 2.45) is 0 Å². The Labute approximate surface area is 100 Å². The molecule has 0 fully saturated rings. The average Bonchev–Trinajstić information content (AvgIpc) is 2.16. The summed E-state index contributed by atoms with van der Waals surface area (Å²) >= 11 is 7.22. The van der Waals surface area contributed by atoms with Gasteiger partial charge in [0.05, 0.1) is 14.6 Å². The van der Waals surface area contributed by atoms with Crippen LogP contribution < -0.4 is 0 Å². The first-order chi connectivity index (χ1) is 6.95. The lowest BCUT2D eigenvalue weighted by Gasteiger charge is -2.08. The molecular formula is C9H8BrNO3S. The van der Waals surface area contributed by atoms with Crippen molar-refractivity contribution in [2.45, 2.75) is 16.6 Å². The fourth-order valence-electron chi connectivity index (χ4n) is 1.12. The summed E-state index contributed by atoms with van der Waals surface area (Å²) in [6.45, 7) is 1.41. The average molecular weight is 290 g/mol. The third-order valence-electron chi connectivity index (χ3n) is 1.87. The summed E-state index contributed by atoms with van der Waals surface area (Å²) in [5.41, 5.74) is 0.418. The number of hydrogen-bond acceptors (Lipinski definition) is 4. The van der Waals surface area contributed by atoms with E-state index in [1.807, 2.05) is 0 Å². The molecule has 0 aliphatic heterocycles. The first-order valence-corrected chi connectivity index (χ1v) is 5.42. The van der Waals surface area contributed by atoms with Crippen LogP contribution in [0.15, 0.2) is 23.1 Å². The van der Waals surface area contributed by atoms with Crippen LogP contribution in [-0.4, -0.2) is 10.7 Å². The van der Waals surface area contributed by atoms with E-state index in [0.29, 0.717) is 5.56 Å². The summed E-state index contributed by atoms with van der Waals surface area (Å²) in [6, 6.07) is 4.52. The standard InChI is InChI=1S/C9H8BrNO3S/c1-5(12)8(10)6-3-2-4-7(9(6)15)11(13)14/h2-4,8,15H,1H3. The van der Waals surface area contributed by atoms with Gasteiger partial charge in [-0.25, -0.2) is 0 Å². The predicted molar refractivity (Wildman–Crippen MR) is 62.7 cm³/mol. The van der Waals surface area contributed by atoms with Crippen molar-refractivity contribution in [3.8, 4) is 0 Å². The number of benzene rings is 1. The van der Waals surface area contributed by atoms with Gasteiger partial charge in [-0.05, 0) is 12.5 Å². The SMILES string of the molecule is CC(=O)C(Br)c1cccc([N+](=O)[O-])c1S. The van der Waals surface area contributed by atoms with Crippen LogP contribution in [-0.2, 0) is 4.79 Å². The number of alkyl halides is 1. The van der Waals surface area contributed by atoms with Gasteiger partial charge in [-0.2, -0.15) is 0 Å². The molecule has 15 heavy (non-hydrogen) atoms. The Balaban J connectivity index is 3.26. The van der Waals surface area contributed by atoms with Crippen LogP contribution in [0.25, 0.3) is 0 Å². The van der Waals surface area contributed by atoms with Gasteiger partial charge in [-0.3, -0.25) is 14.9 Å². The van der Waals surface area contributed by atoms with E-state index in [9.17, 15) is 14.9 Å². The molecule has 0 saturated heterocycles.